The molecule has 1 aliphatic carbocycles. The fourth-order valence-electron chi connectivity index (χ4n) is 2.88. The monoisotopic (exact) mass is 363 g/mol. The molecular formula is C19H16F3NO3. The highest BCUT2D eigenvalue weighted by Gasteiger charge is 2.51. The highest BCUT2D eigenvalue weighted by atomic mass is 19.4. The zero-order chi connectivity index (χ0) is 18.9. The van der Waals surface area contributed by atoms with Gasteiger partial charge < -0.3 is 10.4 Å². The third-order valence-electron chi connectivity index (χ3n) is 4.58. The number of hydrogen-bond acceptors (Lipinski definition) is 2. The Morgan fingerprint density at radius 1 is 1.08 bits per heavy atom. The lowest BCUT2D eigenvalue weighted by Crippen LogP contribution is -2.34. The average molecular weight is 363 g/mol. The Balaban J connectivity index is 1.70. The van der Waals surface area contributed by atoms with E-state index >= 15 is 0 Å². The number of carbonyl (C=O) groups is 2. The van der Waals surface area contributed by atoms with Gasteiger partial charge in [0.2, 0.25) is 5.91 Å². The Kier molecular flexibility index (Phi) is 4.48. The van der Waals surface area contributed by atoms with Crippen LogP contribution < -0.4 is 5.32 Å². The van der Waals surface area contributed by atoms with E-state index in [1.165, 1.54) is 18.2 Å². The van der Waals surface area contributed by atoms with Gasteiger partial charge in [-0.1, -0.05) is 30.3 Å². The molecule has 2 N–H and O–H groups in total. The Labute approximate surface area is 147 Å². The molecule has 7 heteroatoms. The molecule has 3 rings (SSSR count). The maximum absolute atomic E-state index is 12.9. The predicted octanol–water partition coefficient (Wildman–Crippen LogP) is 3.75. The second-order valence-electron chi connectivity index (χ2n) is 6.35. The number of hydrogen-bond donors (Lipinski definition) is 2. The van der Waals surface area contributed by atoms with Crippen LogP contribution >= 0.6 is 0 Å². The fraction of sp³-hybridized carbons (Fsp3) is 0.263. The number of halogens is 3. The molecule has 1 saturated carbocycles. The third kappa shape index (κ3) is 3.56. The van der Waals surface area contributed by atoms with Crippen molar-refractivity contribution in [3.63, 3.8) is 0 Å². The lowest BCUT2D eigenvalue weighted by atomic mass is 9.93. The summed E-state index contributed by atoms with van der Waals surface area (Å²) in [6.45, 7) is 0.180. The zero-order valence-corrected chi connectivity index (χ0v) is 13.6. The van der Waals surface area contributed by atoms with Crippen LogP contribution in [0.2, 0.25) is 0 Å². The molecule has 4 nitrogen and oxygen atoms in total. The van der Waals surface area contributed by atoms with E-state index in [-0.39, 0.29) is 18.0 Å². The summed E-state index contributed by atoms with van der Waals surface area (Å²) in [7, 11) is 0. The normalized spacial score (nSPS) is 15.3. The maximum Gasteiger partial charge on any atom is 0.416 e. The Morgan fingerprint density at radius 3 is 2.27 bits per heavy atom. The fourth-order valence-corrected chi connectivity index (χ4v) is 2.88. The zero-order valence-electron chi connectivity index (χ0n) is 13.6. The number of alkyl halides is 3. The van der Waals surface area contributed by atoms with Gasteiger partial charge in [0.15, 0.2) is 0 Å². The lowest BCUT2D eigenvalue weighted by Gasteiger charge is -2.17. The summed E-state index contributed by atoms with van der Waals surface area (Å²) in [5.41, 5.74) is -0.460. The molecule has 2 aromatic rings. The number of aromatic carboxylic acids is 1. The van der Waals surface area contributed by atoms with Crippen molar-refractivity contribution in [2.75, 3.05) is 0 Å². The van der Waals surface area contributed by atoms with Crippen LogP contribution in [0.1, 0.15) is 39.9 Å². The Bertz CT molecular complexity index is 840. The topological polar surface area (TPSA) is 66.4 Å². The molecule has 0 spiro atoms. The summed E-state index contributed by atoms with van der Waals surface area (Å²) >= 11 is 0. The second kappa shape index (κ2) is 6.48. The first-order chi connectivity index (χ1) is 12.2. The summed E-state index contributed by atoms with van der Waals surface area (Å²) in [5.74, 6) is -1.36. The van der Waals surface area contributed by atoms with E-state index in [1.54, 1.807) is 18.2 Å². The van der Waals surface area contributed by atoms with E-state index in [4.69, 9.17) is 5.11 Å². The number of carboxylic acids is 1. The predicted molar refractivity (Wildman–Crippen MR) is 87.6 cm³/mol. The molecule has 0 bridgehead atoms. The molecule has 1 aliphatic rings. The molecular weight excluding hydrogens is 347 g/mol. The van der Waals surface area contributed by atoms with Crippen LogP contribution in [0.4, 0.5) is 13.2 Å². The highest BCUT2D eigenvalue weighted by Crippen LogP contribution is 2.49. The van der Waals surface area contributed by atoms with Crippen molar-refractivity contribution in [1.29, 1.82) is 0 Å². The van der Waals surface area contributed by atoms with Crippen LogP contribution in [0.15, 0.2) is 48.5 Å². The molecule has 0 atom stereocenters. The lowest BCUT2D eigenvalue weighted by molar-refractivity contribution is -0.137. The van der Waals surface area contributed by atoms with Crippen LogP contribution in [-0.2, 0) is 22.9 Å². The van der Waals surface area contributed by atoms with Crippen LogP contribution in [0, 0.1) is 0 Å². The van der Waals surface area contributed by atoms with E-state index in [0.29, 0.717) is 24.0 Å². The van der Waals surface area contributed by atoms with E-state index in [9.17, 15) is 22.8 Å². The molecule has 1 fully saturated rings. The van der Waals surface area contributed by atoms with Gasteiger partial charge in [-0.15, -0.1) is 0 Å². The highest BCUT2D eigenvalue weighted by molar-refractivity contribution is 5.91. The number of nitrogens with one attached hydrogen (secondary N) is 1. The number of benzene rings is 2. The first-order valence-corrected chi connectivity index (χ1v) is 8.01. The van der Waals surface area contributed by atoms with E-state index < -0.39 is 23.1 Å². The molecule has 0 aliphatic heterocycles. The first-order valence-electron chi connectivity index (χ1n) is 8.01. The van der Waals surface area contributed by atoms with E-state index in [1.807, 2.05) is 0 Å². The van der Waals surface area contributed by atoms with Crippen molar-refractivity contribution in [2.45, 2.75) is 31.0 Å². The summed E-state index contributed by atoms with van der Waals surface area (Å²) in [6, 6.07) is 10.9. The van der Waals surface area contributed by atoms with Gasteiger partial charge in [-0.2, -0.15) is 13.2 Å². The summed E-state index contributed by atoms with van der Waals surface area (Å²) in [5, 5.41) is 11.6. The molecule has 0 aromatic heterocycles. The largest absolute Gasteiger partial charge is 0.478 e. The van der Waals surface area contributed by atoms with E-state index in [2.05, 4.69) is 5.32 Å². The number of carbonyl (C=O) groups excluding carboxylic acids is 1. The molecule has 136 valence electrons. The van der Waals surface area contributed by atoms with Gasteiger partial charge in [0.25, 0.3) is 0 Å². The van der Waals surface area contributed by atoms with Gasteiger partial charge >= 0.3 is 12.1 Å². The van der Waals surface area contributed by atoms with Crippen LogP contribution in [-0.4, -0.2) is 17.0 Å². The standard InChI is InChI=1S/C19H16F3NO3/c20-19(21,22)15-3-1-2-14(10-15)18(8-9-18)17(26)23-11-12-4-6-13(7-5-12)16(24)25/h1-7,10H,8-9,11H2,(H,23,26)(H,24,25). The number of carboxylic acid groups (broad SMARTS) is 1. The number of amides is 1. The summed E-state index contributed by atoms with van der Waals surface area (Å²) < 4.78 is 38.7. The minimum absolute atomic E-state index is 0.141. The van der Waals surface area contributed by atoms with Crippen molar-refractivity contribution in [1.82, 2.24) is 5.32 Å². The van der Waals surface area contributed by atoms with Gasteiger partial charge in [0.1, 0.15) is 0 Å². The third-order valence-corrected chi connectivity index (χ3v) is 4.58. The summed E-state index contributed by atoms with van der Waals surface area (Å²) in [4.78, 5) is 23.4. The maximum atomic E-state index is 12.9. The molecule has 1 amide bonds. The molecule has 0 saturated heterocycles. The van der Waals surface area contributed by atoms with Crippen LogP contribution in [0.5, 0.6) is 0 Å². The van der Waals surface area contributed by atoms with Crippen molar-refractivity contribution in [2.24, 2.45) is 0 Å². The van der Waals surface area contributed by atoms with Crippen molar-refractivity contribution < 1.29 is 27.9 Å². The van der Waals surface area contributed by atoms with Crippen molar-refractivity contribution in [3.8, 4) is 0 Å². The van der Waals surface area contributed by atoms with Gasteiger partial charge in [0.05, 0.1) is 16.5 Å². The molecule has 0 heterocycles. The minimum atomic E-state index is -4.45. The molecule has 0 unspecified atom stereocenters. The van der Waals surface area contributed by atoms with Gasteiger partial charge in [-0.05, 0) is 42.2 Å². The first kappa shape index (κ1) is 18.0. The molecule has 2 aromatic carbocycles. The Morgan fingerprint density at radius 2 is 1.73 bits per heavy atom. The minimum Gasteiger partial charge on any atom is -0.478 e. The van der Waals surface area contributed by atoms with Gasteiger partial charge in [-0.3, -0.25) is 4.79 Å². The molecule has 0 radical (unpaired) electrons. The SMILES string of the molecule is O=C(O)c1ccc(CNC(=O)C2(c3cccc(C(F)(F)F)c3)CC2)cc1. The van der Waals surface area contributed by atoms with Crippen LogP contribution in [0.3, 0.4) is 0 Å². The van der Waals surface area contributed by atoms with Crippen molar-refractivity contribution >= 4 is 11.9 Å². The van der Waals surface area contributed by atoms with Crippen LogP contribution in [0.25, 0.3) is 0 Å². The number of rotatable bonds is 5. The molecule has 26 heavy (non-hydrogen) atoms. The average Bonchev–Trinajstić information content (AvgIpc) is 3.41. The quantitative estimate of drug-likeness (QED) is 0.850. The van der Waals surface area contributed by atoms with E-state index in [0.717, 1.165) is 12.1 Å². The van der Waals surface area contributed by atoms with Crippen molar-refractivity contribution in [3.05, 3.63) is 70.8 Å². The second-order valence-corrected chi connectivity index (χ2v) is 6.35. The summed E-state index contributed by atoms with van der Waals surface area (Å²) in [6.07, 6.45) is -3.45. The van der Waals surface area contributed by atoms with Gasteiger partial charge in [-0.25, -0.2) is 4.79 Å². The Hall–Kier alpha value is -2.83. The van der Waals surface area contributed by atoms with Gasteiger partial charge in [0, 0.05) is 6.54 Å². The smallest absolute Gasteiger partial charge is 0.416 e.